The predicted molar refractivity (Wildman–Crippen MR) is 77.5 cm³/mol. The predicted octanol–water partition coefficient (Wildman–Crippen LogP) is 1.59. The van der Waals surface area contributed by atoms with Crippen LogP contribution in [0, 0.1) is 17.8 Å². The number of rotatable bonds is 2. The molecule has 0 radical (unpaired) electrons. The average Bonchev–Trinajstić information content (AvgIpc) is 2.83. The molecule has 3 aliphatic carbocycles. The van der Waals surface area contributed by atoms with Gasteiger partial charge in [-0.3, -0.25) is 4.79 Å². The minimum absolute atomic E-state index is 0.0570. The number of phenols is 1. The number of ether oxygens (including phenoxy) is 2. The maximum absolute atomic E-state index is 12.6. The van der Waals surface area contributed by atoms with Crippen LogP contribution in [0.1, 0.15) is 18.4 Å². The SMILES string of the molecule is COc1cc([C@H]2C3C=C(C)C4C2COC4(O)C3=O)ccc1O. The van der Waals surface area contributed by atoms with Crippen molar-refractivity contribution < 1.29 is 24.5 Å². The van der Waals surface area contributed by atoms with E-state index >= 15 is 0 Å². The Kier molecular flexibility index (Phi) is 2.72. The number of carbonyl (C=O) groups excluding carboxylic acids is 1. The number of aromatic hydroxyl groups is 1. The summed E-state index contributed by atoms with van der Waals surface area (Å²) in [6.07, 6.45) is 1.96. The summed E-state index contributed by atoms with van der Waals surface area (Å²) in [6.45, 7) is 2.31. The summed E-state index contributed by atoms with van der Waals surface area (Å²) in [5.74, 6) is -2.11. The van der Waals surface area contributed by atoms with Crippen molar-refractivity contribution in [1.82, 2.24) is 0 Å². The largest absolute Gasteiger partial charge is 0.504 e. The van der Waals surface area contributed by atoms with Crippen LogP contribution in [0.25, 0.3) is 0 Å². The fourth-order valence-electron chi connectivity index (χ4n) is 4.47. The van der Waals surface area contributed by atoms with E-state index in [1.807, 2.05) is 19.1 Å². The Morgan fingerprint density at radius 3 is 2.91 bits per heavy atom. The molecule has 22 heavy (non-hydrogen) atoms. The average molecular weight is 302 g/mol. The number of methoxy groups -OCH3 is 1. The molecule has 5 nitrogen and oxygen atoms in total. The molecule has 5 heteroatoms. The van der Waals surface area contributed by atoms with Crippen molar-refractivity contribution in [3.8, 4) is 11.5 Å². The molecule has 1 aliphatic heterocycles. The third-order valence-corrected chi connectivity index (χ3v) is 5.37. The van der Waals surface area contributed by atoms with Crippen molar-refractivity contribution >= 4 is 5.78 Å². The summed E-state index contributed by atoms with van der Waals surface area (Å²) < 4.78 is 10.7. The number of carbonyl (C=O) groups is 1. The number of aliphatic hydroxyl groups is 1. The van der Waals surface area contributed by atoms with Crippen molar-refractivity contribution in [2.45, 2.75) is 18.6 Å². The second kappa shape index (κ2) is 4.33. The van der Waals surface area contributed by atoms with Crippen LogP contribution in [0.15, 0.2) is 29.8 Å². The summed E-state index contributed by atoms with van der Waals surface area (Å²) in [5.41, 5.74) is 1.95. The summed E-state index contributed by atoms with van der Waals surface area (Å²) in [7, 11) is 1.50. The number of Topliss-reactive ketones (excluding diaryl/α,β-unsaturated/α-hetero) is 1. The maximum Gasteiger partial charge on any atom is 0.234 e. The Hall–Kier alpha value is -1.85. The molecule has 4 aliphatic rings. The van der Waals surface area contributed by atoms with Gasteiger partial charge in [0.25, 0.3) is 0 Å². The Morgan fingerprint density at radius 1 is 1.41 bits per heavy atom. The van der Waals surface area contributed by atoms with Gasteiger partial charge in [0.05, 0.1) is 13.7 Å². The number of benzene rings is 1. The van der Waals surface area contributed by atoms with Crippen molar-refractivity contribution in [3.05, 3.63) is 35.4 Å². The Balaban J connectivity index is 1.83. The third-order valence-electron chi connectivity index (χ3n) is 5.37. The fourth-order valence-corrected chi connectivity index (χ4v) is 4.47. The maximum atomic E-state index is 12.6. The van der Waals surface area contributed by atoms with E-state index in [4.69, 9.17) is 9.47 Å². The summed E-state index contributed by atoms with van der Waals surface area (Å²) >= 11 is 0. The normalized spacial score (nSPS) is 39.0. The zero-order valence-electron chi connectivity index (χ0n) is 12.4. The number of hydrogen-bond acceptors (Lipinski definition) is 5. The van der Waals surface area contributed by atoms with Crippen LogP contribution in [0.5, 0.6) is 11.5 Å². The highest BCUT2D eigenvalue weighted by Crippen LogP contribution is 2.59. The summed E-state index contributed by atoms with van der Waals surface area (Å²) in [6, 6.07) is 5.17. The lowest BCUT2D eigenvalue weighted by molar-refractivity contribution is -0.204. The molecule has 4 unspecified atom stereocenters. The van der Waals surface area contributed by atoms with Crippen LogP contribution < -0.4 is 4.74 Å². The summed E-state index contributed by atoms with van der Waals surface area (Å²) in [4.78, 5) is 12.6. The molecule has 1 saturated heterocycles. The number of ketones is 1. The molecular formula is C17H18O5. The molecule has 1 aromatic carbocycles. The number of hydrogen-bond donors (Lipinski definition) is 2. The highest BCUT2D eigenvalue weighted by Gasteiger charge is 2.66. The van der Waals surface area contributed by atoms with Gasteiger partial charge in [0.2, 0.25) is 5.79 Å². The van der Waals surface area contributed by atoms with Crippen molar-refractivity contribution in [2.24, 2.45) is 17.8 Å². The molecule has 2 N–H and O–H groups in total. The summed E-state index contributed by atoms with van der Waals surface area (Å²) in [5, 5.41) is 20.3. The lowest BCUT2D eigenvalue weighted by Gasteiger charge is -2.47. The first-order chi connectivity index (χ1) is 10.5. The first-order valence-corrected chi connectivity index (χ1v) is 7.43. The molecule has 1 heterocycles. The topological polar surface area (TPSA) is 76.0 Å². The van der Waals surface area contributed by atoms with Gasteiger partial charge >= 0.3 is 0 Å². The van der Waals surface area contributed by atoms with E-state index in [9.17, 15) is 15.0 Å². The monoisotopic (exact) mass is 302 g/mol. The molecule has 5 rings (SSSR count). The molecule has 0 spiro atoms. The van der Waals surface area contributed by atoms with E-state index in [2.05, 4.69) is 0 Å². The molecule has 4 bridgehead atoms. The van der Waals surface area contributed by atoms with Gasteiger partial charge in [-0.1, -0.05) is 17.7 Å². The smallest absolute Gasteiger partial charge is 0.234 e. The molecule has 0 amide bonds. The zero-order chi connectivity index (χ0) is 15.6. The quantitative estimate of drug-likeness (QED) is 0.812. The molecule has 5 atom stereocenters. The third kappa shape index (κ3) is 1.53. The van der Waals surface area contributed by atoms with E-state index in [0.29, 0.717) is 12.4 Å². The highest BCUT2D eigenvalue weighted by molar-refractivity contribution is 5.94. The molecule has 116 valence electrons. The van der Waals surface area contributed by atoms with Crippen LogP contribution in [-0.4, -0.2) is 35.5 Å². The first kappa shape index (κ1) is 13.8. The van der Waals surface area contributed by atoms with Crippen LogP contribution >= 0.6 is 0 Å². The lowest BCUT2D eigenvalue weighted by atomic mass is 9.56. The van der Waals surface area contributed by atoms with Gasteiger partial charge in [-0.05, 0) is 24.6 Å². The van der Waals surface area contributed by atoms with Gasteiger partial charge in [-0.2, -0.15) is 0 Å². The van der Waals surface area contributed by atoms with Crippen LogP contribution in [0.3, 0.4) is 0 Å². The van der Waals surface area contributed by atoms with E-state index in [1.165, 1.54) is 7.11 Å². The van der Waals surface area contributed by atoms with E-state index < -0.39 is 11.7 Å². The molecule has 1 saturated carbocycles. The highest BCUT2D eigenvalue weighted by atomic mass is 16.6. The van der Waals surface area contributed by atoms with Gasteiger partial charge in [0.15, 0.2) is 17.3 Å². The van der Waals surface area contributed by atoms with Crippen molar-refractivity contribution in [1.29, 1.82) is 0 Å². The van der Waals surface area contributed by atoms with Crippen LogP contribution in [-0.2, 0) is 9.53 Å². The van der Waals surface area contributed by atoms with Gasteiger partial charge in [0.1, 0.15) is 0 Å². The van der Waals surface area contributed by atoms with Crippen molar-refractivity contribution in [2.75, 3.05) is 13.7 Å². The zero-order valence-corrected chi connectivity index (χ0v) is 12.4. The Labute approximate surface area is 128 Å². The van der Waals surface area contributed by atoms with Gasteiger partial charge < -0.3 is 19.7 Å². The van der Waals surface area contributed by atoms with E-state index in [0.717, 1.165) is 11.1 Å². The number of allylic oxidation sites excluding steroid dienone is 1. The molecule has 0 aromatic heterocycles. The van der Waals surface area contributed by atoms with E-state index in [1.54, 1.807) is 12.1 Å². The number of phenolic OH excluding ortho intramolecular Hbond substituents is 1. The van der Waals surface area contributed by atoms with Crippen molar-refractivity contribution in [3.63, 3.8) is 0 Å². The Morgan fingerprint density at radius 2 is 2.18 bits per heavy atom. The molecule has 1 aromatic rings. The molecule has 2 fully saturated rings. The second-order valence-electron chi connectivity index (χ2n) is 6.41. The minimum atomic E-state index is -1.65. The second-order valence-corrected chi connectivity index (χ2v) is 6.41. The minimum Gasteiger partial charge on any atom is -0.504 e. The van der Waals surface area contributed by atoms with Crippen LogP contribution in [0.4, 0.5) is 0 Å². The van der Waals surface area contributed by atoms with Crippen LogP contribution in [0.2, 0.25) is 0 Å². The van der Waals surface area contributed by atoms with E-state index in [-0.39, 0.29) is 29.3 Å². The van der Waals surface area contributed by atoms with Gasteiger partial charge in [-0.15, -0.1) is 0 Å². The first-order valence-electron chi connectivity index (χ1n) is 7.43. The van der Waals surface area contributed by atoms with Gasteiger partial charge in [0, 0.05) is 23.7 Å². The standard InChI is InChI=1S/C17H18O5/c1-8-5-10-14(9-3-4-12(18)13(6-9)21-2)11-7-22-17(20,15(8)11)16(10)19/h3-6,10-11,14-15,18,20H,7H2,1-2H3/t10?,11?,14-,15?,17?/m0/s1. The lowest BCUT2D eigenvalue weighted by Crippen LogP contribution is -2.57. The fraction of sp³-hybridized carbons (Fsp3) is 0.471. The van der Waals surface area contributed by atoms with Gasteiger partial charge in [-0.25, -0.2) is 0 Å². The molecular weight excluding hydrogens is 284 g/mol. The Bertz CT molecular complexity index is 694.